The smallest absolute Gasteiger partial charge is 0.224 e. The quantitative estimate of drug-likeness (QED) is 0.456. The molecule has 0 bridgehead atoms. The number of carbonyl (C=O) groups is 1. The Morgan fingerprint density at radius 3 is 2.70 bits per heavy atom. The van der Waals surface area contributed by atoms with E-state index in [9.17, 15) is 4.79 Å². The van der Waals surface area contributed by atoms with Gasteiger partial charge in [0.15, 0.2) is 5.13 Å². The van der Waals surface area contributed by atoms with Crippen molar-refractivity contribution in [2.75, 3.05) is 10.6 Å². The van der Waals surface area contributed by atoms with Crippen molar-refractivity contribution in [1.29, 1.82) is 0 Å². The average Bonchev–Trinajstić information content (AvgIpc) is 3.15. The van der Waals surface area contributed by atoms with Crippen molar-refractivity contribution < 1.29 is 4.79 Å². The molecule has 0 fully saturated rings. The number of pyridine rings is 1. The van der Waals surface area contributed by atoms with Crippen molar-refractivity contribution in [3.05, 3.63) is 54.2 Å². The van der Waals surface area contributed by atoms with Gasteiger partial charge in [0, 0.05) is 41.1 Å². The molecule has 2 heterocycles. The van der Waals surface area contributed by atoms with E-state index in [1.54, 1.807) is 23.7 Å². The summed E-state index contributed by atoms with van der Waals surface area (Å²) in [5.74, 6) is 0.0671. The van der Waals surface area contributed by atoms with Crippen LogP contribution < -0.4 is 10.6 Å². The zero-order chi connectivity index (χ0) is 18.9. The van der Waals surface area contributed by atoms with Gasteiger partial charge in [-0.15, -0.1) is 11.3 Å². The minimum Gasteiger partial charge on any atom is -0.331 e. The maximum Gasteiger partial charge on any atom is 0.224 e. The van der Waals surface area contributed by atoms with Crippen LogP contribution in [0.15, 0.2) is 54.2 Å². The van der Waals surface area contributed by atoms with Crippen LogP contribution in [0.1, 0.15) is 39.0 Å². The van der Waals surface area contributed by atoms with Crippen molar-refractivity contribution in [3.63, 3.8) is 0 Å². The molecular weight excluding hydrogens is 356 g/mol. The highest BCUT2D eigenvalue weighted by molar-refractivity contribution is 7.14. The number of aromatic nitrogens is 2. The fourth-order valence-corrected chi connectivity index (χ4v) is 3.46. The highest BCUT2D eigenvalue weighted by Gasteiger charge is 2.06. The molecule has 2 aromatic heterocycles. The Morgan fingerprint density at radius 1 is 1.07 bits per heavy atom. The molecule has 0 saturated heterocycles. The van der Waals surface area contributed by atoms with E-state index < -0.39 is 0 Å². The van der Waals surface area contributed by atoms with Gasteiger partial charge < -0.3 is 10.6 Å². The Bertz CT molecular complexity index is 863. The summed E-state index contributed by atoms with van der Waals surface area (Å²) in [5, 5.41) is 9.10. The van der Waals surface area contributed by atoms with E-state index in [2.05, 4.69) is 27.5 Å². The Kier molecular flexibility index (Phi) is 6.93. The maximum absolute atomic E-state index is 12.1. The zero-order valence-corrected chi connectivity index (χ0v) is 16.3. The largest absolute Gasteiger partial charge is 0.331 e. The first-order valence-electron chi connectivity index (χ1n) is 9.27. The van der Waals surface area contributed by atoms with Crippen molar-refractivity contribution in [2.45, 2.75) is 39.0 Å². The number of rotatable bonds is 9. The molecule has 0 saturated carbocycles. The summed E-state index contributed by atoms with van der Waals surface area (Å²) in [5.41, 5.74) is 3.65. The van der Waals surface area contributed by atoms with Crippen LogP contribution >= 0.6 is 11.3 Å². The molecule has 3 rings (SSSR count). The van der Waals surface area contributed by atoms with Crippen LogP contribution in [0.3, 0.4) is 0 Å². The Labute approximate surface area is 163 Å². The van der Waals surface area contributed by atoms with Gasteiger partial charge in [-0.3, -0.25) is 9.78 Å². The van der Waals surface area contributed by atoms with Gasteiger partial charge in [0.1, 0.15) is 0 Å². The summed E-state index contributed by atoms with van der Waals surface area (Å²) in [6.07, 6.45) is 8.49. The molecule has 1 amide bonds. The third-order valence-corrected chi connectivity index (χ3v) is 4.89. The van der Waals surface area contributed by atoms with E-state index in [1.807, 2.05) is 41.8 Å². The van der Waals surface area contributed by atoms with E-state index in [0.29, 0.717) is 6.42 Å². The fraction of sp³-hybridized carbons (Fsp3) is 0.286. The lowest BCUT2D eigenvalue weighted by molar-refractivity contribution is -0.116. The third kappa shape index (κ3) is 5.89. The Hall–Kier alpha value is -2.73. The van der Waals surface area contributed by atoms with Crippen LogP contribution in [0.4, 0.5) is 16.5 Å². The predicted molar refractivity (Wildman–Crippen MR) is 112 cm³/mol. The monoisotopic (exact) mass is 380 g/mol. The first-order valence-corrected chi connectivity index (χ1v) is 10.2. The number of unbranched alkanes of at least 4 members (excludes halogenated alkanes) is 3. The first kappa shape index (κ1) is 19.0. The van der Waals surface area contributed by atoms with Crippen LogP contribution in [0.5, 0.6) is 0 Å². The standard InChI is InChI=1S/C21H24N4OS/c1-2-3-4-5-9-20(26)23-17-7-6-8-18(14-17)24-21-25-19(15-27-21)16-10-12-22-13-11-16/h6-8,10-15H,2-5,9H2,1H3,(H,23,26)(H,24,25). The highest BCUT2D eigenvalue weighted by Crippen LogP contribution is 2.27. The molecule has 0 aliphatic rings. The van der Waals surface area contributed by atoms with Crippen LogP contribution in [-0.4, -0.2) is 15.9 Å². The van der Waals surface area contributed by atoms with Gasteiger partial charge in [-0.2, -0.15) is 0 Å². The zero-order valence-electron chi connectivity index (χ0n) is 15.4. The number of hydrogen-bond donors (Lipinski definition) is 2. The van der Waals surface area contributed by atoms with E-state index in [0.717, 1.165) is 40.6 Å². The molecule has 0 aliphatic carbocycles. The predicted octanol–water partition coefficient (Wildman–Crippen LogP) is 5.86. The molecule has 5 nitrogen and oxygen atoms in total. The van der Waals surface area contributed by atoms with Crippen molar-refractivity contribution in [1.82, 2.24) is 9.97 Å². The van der Waals surface area contributed by atoms with E-state index >= 15 is 0 Å². The summed E-state index contributed by atoms with van der Waals surface area (Å²) in [4.78, 5) is 20.7. The molecule has 0 radical (unpaired) electrons. The number of nitrogens with one attached hydrogen (secondary N) is 2. The second-order valence-electron chi connectivity index (χ2n) is 6.34. The van der Waals surface area contributed by atoms with Gasteiger partial charge >= 0.3 is 0 Å². The number of nitrogens with zero attached hydrogens (tertiary/aromatic N) is 2. The lowest BCUT2D eigenvalue weighted by atomic mass is 10.1. The topological polar surface area (TPSA) is 66.9 Å². The number of amides is 1. The Balaban J connectivity index is 1.58. The number of benzene rings is 1. The number of anilines is 3. The van der Waals surface area contributed by atoms with Gasteiger partial charge in [0.25, 0.3) is 0 Å². The first-order chi connectivity index (χ1) is 13.2. The molecule has 1 aromatic carbocycles. The molecule has 140 valence electrons. The van der Waals surface area contributed by atoms with Gasteiger partial charge in [-0.05, 0) is 36.8 Å². The molecular formula is C21H24N4OS. The summed E-state index contributed by atoms with van der Waals surface area (Å²) < 4.78 is 0. The highest BCUT2D eigenvalue weighted by atomic mass is 32.1. The van der Waals surface area contributed by atoms with Crippen molar-refractivity contribution >= 4 is 33.8 Å². The lowest BCUT2D eigenvalue weighted by Crippen LogP contribution is -2.11. The lowest BCUT2D eigenvalue weighted by Gasteiger charge is -2.08. The van der Waals surface area contributed by atoms with Crippen LogP contribution in [0.25, 0.3) is 11.3 Å². The summed E-state index contributed by atoms with van der Waals surface area (Å²) in [6.45, 7) is 2.17. The second kappa shape index (κ2) is 9.83. The van der Waals surface area contributed by atoms with Gasteiger partial charge in [-0.1, -0.05) is 32.3 Å². The van der Waals surface area contributed by atoms with Crippen molar-refractivity contribution in [3.8, 4) is 11.3 Å². The van der Waals surface area contributed by atoms with Gasteiger partial charge in [-0.25, -0.2) is 4.98 Å². The van der Waals surface area contributed by atoms with E-state index in [1.165, 1.54) is 12.8 Å². The molecule has 0 atom stereocenters. The Morgan fingerprint density at radius 2 is 1.89 bits per heavy atom. The van der Waals surface area contributed by atoms with Crippen LogP contribution in [0.2, 0.25) is 0 Å². The van der Waals surface area contributed by atoms with Crippen LogP contribution in [0, 0.1) is 0 Å². The normalized spacial score (nSPS) is 10.6. The molecule has 0 unspecified atom stereocenters. The number of thiazole rings is 1. The molecule has 27 heavy (non-hydrogen) atoms. The third-order valence-electron chi connectivity index (χ3n) is 4.14. The summed E-state index contributed by atoms with van der Waals surface area (Å²) in [6, 6.07) is 11.6. The summed E-state index contributed by atoms with van der Waals surface area (Å²) >= 11 is 1.54. The molecule has 0 aliphatic heterocycles. The summed E-state index contributed by atoms with van der Waals surface area (Å²) in [7, 11) is 0. The molecule has 6 heteroatoms. The molecule has 3 aromatic rings. The van der Waals surface area contributed by atoms with E-state index in [4.69, 9.17) is 0 Å². The second-order valence-corrected chi connectivity index (χ2v) is 7.20. The maximum atomic E-state index is 12.1. The van der Waals surface area contributed by atoms with Gasteiger partial charge in [0.2, 0.25) is 5.91 Å². The number of hydrogen-bond acceptors (Lipinski definition) is 5. The SMILES string of the molecule is CCCCCCC(=O)Nc1cccc(Nc2nc(-c3ccncc3)cs2)c1. The van der Waals surface area contributed by atoms with Crippen molar-refractivity contribution in [2.24, 2.45) is 0 Å². The molecule has 0 spiro atoms. The van der Waals surface area contributed by atoms with Crippen LogP contribution in [-0.2, 0) is 4.79 Å². The minimum atomic E-state index is 0.0671. The average molecular weight is 381 g/mol. The fourth-order valence-electron chi connectivity index (χ4n) is 2.72. The van der Waals surface area contributed by atoms with Gasteiger partial charge in [0.05, 0.1) is 5.69 Å². The van der Waals surface area contributed by atoms with E-state index in [-0.39, 0.29) is 5.91 Å². The minimum absolute atomic E-state index is 0.0671. The molecule has 2 N–H and O–H groups in total. The number of carbonyl (C=O) groups excluding carboxylic acids is 1.